The van der Waals surface area contributed by atoms with Gasteiger partial charge in [-0.2, -0.15) is 0 Å². The molecular weight excluding hydrogens is 397 g/mol. The Hall–Kier alpha value is -3.07. The quantitative estimate of drug-likeness (QED) is 0.534. The Kier molecular flexibility index (Phi) is 7.07. The van der Waals surface area contributed by atoms with Crippen LogP contribution in [0.25, 0.3) is 11.5 Å². The lowest BCUT2D eigenvalue weighted by atomic mass is 10.1. The number of nitrogens with one attached hydrogen (secondary N) is 1. The number of halogens is 1. The van der Waals surface area contributed by atoms with Gasteiger partial charge < -0.3 is 19.2 Å². The van der Waals surface area contributed by atoms with Crippen LogP contribution < -0.4 is 14.8 Å². The summed E-state index contributed by atoms with van der Waals surface area (Å²) in [6.45, 7) is 0.348. The van der Waals surface area contributed by atoms with Crippen molar-refractivity contribution in [1.82, 2.24) is 15.5 Å². The maximum Gasteiger partial charge on any atom is 0.277 e. The second kappa shape index (κ2) is 9.92. The van der Waals surface area contributed by atoms with E-state index in [1.807, 2.05) is 0 Å². The third kappa shape index (κ3) is 5.47. The van der Waals surface area contributed by atoms with Crippen LogP contribution in [0.5, 0.6) is 11.5 Å². The minimum atomic E-state index is -0.273. The van der Waals surface area contributed by atoms with E-state index in [1.165, 1.54) is 6.07 Å². The molecule has 1 heterocycles. The van der Waals surface area contributed by atoms with Crippen LogP contribution in [0.15, 0.2) is 52.1 Å². The lowest BCUT2D eigenvalue weighted by Crippen LogP contribution is -2.27. The molecule has 0 unspecified atom stereocenters. The second-order valence-corrected chi connectivity index (χ2v) is 6.85. The highest BCUT2D eigenvalue weighted by Crippen LogP contribution is 2.32. The SMILES string of the molecule is COc1ccc(-c2nnc(SCC(=O)NCCc3ccccc3F)o2)cc1OC. The van der Waals surface area contributed by atoms with Gasteiger partial charge in [0.1, 0.15) is 5.82 Å². The first-order valence-corrected chi connectivity index (χ1v) is 9.78. The van der Waals surface area contributed by atoms with Gasteiger partial charge >= 0.3 is 0 Å². The first-order chi connectivity index (χ1) is 14.1. The molecule has 1 aromatic heterocycles. The number of aromatic nitrogens is 2. The van der Waals surface area contributed by atoms with Gasteiger partial charge in [-0.25, -0.2) is 4.39 Å². The Labute approximate surface area is 171 Å². The number of hydrogen-bond acceptors (Lipinski definition) is 7. The summed E-state index contributed by atoms with van der Waals surface area (Å²) in [5.41, 5.74) is 1.24. The molecule has 0 atom stereocenters. The third-order valence-electron chi connectivity index (χ3n) is 4.04. The summed E-state index contributed by atoms with van der Waals surface area (Å²) in [5.74, 6) is 1.10. The van der Waals surface area contributed by atoms with Crippen molar-refractivity contribution in [3.8, 4) is 23.0 Å². The summed E-state index contributed by atoms with van der Waals surface area (Å²) >= 11 is 1.13. The predicted octanol–water partition coefficient (Wildman–Crippen LogP) is 3.34. The minimum absolute atomic E-state index is 0.116. The molecule has 0 saturated carbocycles. The molecule has 152 valence electrons. The Bertz CT molecular complexity index is 980. The zero-order valence-corrected chi connectivity index (χ0v) is 16.8. The summed E-state index contributed by atoms with van der Waals surface area (Å²) in [5, 5.41) is 11.0. The van der Waals surface area contributed by atoms with E-state index in [0.717, 1.165) is 11.8 Å². The van der Waals surface area contributed by atoms with E-state index in [2.05, 4.69) is 15.5 Å². The van der Waals surface area contributed by atoms with Gasteiger partial charge in [0.15, 0.2) is 11.5 Å². The Balaban J connectivity index is 1.50. The van der Waals surface area contributed by atoms with Crippen LogP contribution >= 0.6 is 11.8 Å². The van der Waals surface area contributed by atoms with E-state index >= 15 is 0 Å². The second-order valence-electron chi connectivity index (χ2n) is 5.92. The molecule has 1 N–H and O–H groups in total. The Morgan fingerprint density at radius 2 is 1.93 bits per heavy atom. The summed E-state index contributed by atoms with van der Waals surface area (Å²) in [7, 11) is 3.10. The van der Waals surface area contributed by atoms with Crippen LogP contribution in [0.2, 0.25) is 0 Å². The Morgan fingerprint density at radius 1 is 1.14 bits per heavy atom. The summed E-state index contributed by atoms with van der Waals surface area (Å²) < 4.78 is 29.6. The fourth-order valence-corrected chi connectivity index (χ4v) is 3.16. The van der Waals surface area contributed by atoms with Crippen molar-refractivity contribution in [2.45, 2.75) is 11.6 Å². The first kappa shape index (κ1) is 20.7. The molecule has 0 fully saturated rings. The monoisotopic (exact) mass is 417 g/mol. The van der Waals surface area contributed by atoms with Gasteiger partial charge in [0.05, 0.1) is 20.0 Å². The van der Waals surface area contributed by atoms with E-state index in [9.17, 15) is 9.18 Å². The highest BCUT2D eigenvalue weighted by Gasteiger charge is 2.14. The van der Waals surface area contributed by atoms with E-state index in [0.29, 0.717) is 41.5 Å². The number of carbonyl (C=O) groups excluding carboxylic acids is 1. The van der Waals surface area contributed by atoms with Gasteiger partial charge in [0.25, 0.3) is 5.22 Å². The molecule has 0 aliphatic heterocycles. The number of rotatable bonds is 9. The van der Waals surface area contributed by atoms with E-state index in [1.54, 1.807) is 50.6 Å². The maximum absolute atomic E-state index is 13.6. The number of carbonyl (C=O) groups is 1. The Morgan fingerprint density at radius 3 is 2.69 bits per heavy atom. The minimum Gasteiger partial charge on any atom is -0.493 e. The van der Waals surface area contributed by atoms with Gasteiger partial charge in [0, 0.05) is 12.1 Å². The van der Waals surface area contributed by atoms with Crippen molar-refractivity contribution >= 4 is 17.7 Å². The molecule has 0 aliphatic carbocycles. The largest absolute Gasteiger partial charge is 0.493 e. The van der Waals surface area contributed by atoms with Crippen LogP contribution in [0, 0.1) is 5.82 Å². The summed E-state index contributed by atoms with van der Waals surface area (Å²) in [4.78, 5) is 12.0. The summed E-state index contributed by atoms with van der Waals surface area (Å²) in [6, 6.07) is 11.8. The molecule has 0 saturated heterocycles. The molecule has 2 aromatic carbocycles. The number of ether oxygens (including phenoxy) is 2. The highest BCUT2D eigenvalue weighted by atomic mass is 32.2. The van der Waals surface area contributed by atoms with Crippen molar-refractivity contribution in [1.29, 1.82) is 0 Å². The van der Waals surface area contributed by atoms with Gasteiger partial charge in [-0.3, -0.25) is 4.79 Å². The predicted molar refractivity (Wildman–Crippen MR) is 107 cm³/mol. The van der Waals surface area contributed by atoms with Gasteiger partial charge in [-0.1, -0.05) is 30.0 Å². The smallest absolute Gasteiger partial charge is 0.277 e. The van der Waals surface area contributed by atoms with E-state index in [-0.39, 0.29) is 22.7 Å². The lowest BCUT2D eigenvalue weighted by Gasteiger charge is -2.07. The number of thioether (sulfide) groups is 1. The standard InChI is InChI=1S/C20H20FN3O4S/c1-26-16-8-7-14(11-17(16)27-2)19-23-24-20(28-19)29-12-18(25)22-10-9-13-5-3-4-6-15(13)21/h3-8,11H,9-10,12H2,1-2H3,(H,22,25). The van der Waals surface area contributed by atoms with Gasteiger partial charge in [0.2, 0.25) is 11.8 Å². The lowest BCUT2D eigenvalue weighted by molar-refractivity contribution is -0.118. The fraction of sp³-hybridized carbons (Fsp3) is 0.250. The zero-order valence-electron chi connectivity index (χ0n) is 16.0. The number of nitrogens with zero attached hydrogens (tertiary/aromatic N) is 2. The van der Waals surface area contributed by atoms with Gasteiger partial charge in [-0.05, 0) is 36.2 Å². The number of benzene rings is 2. The molecule has 0 spiro atoms. The molecule has 7 nitrogen and oxygen atoms in total. The van der Waals surface area contributed by atoms with Crippen molar-refractivity contribution in [3.63, 3.8) is 0 Å². The average Bonchev–Trinajstić information content (AvgIpc) is 3.22. The molecule has 3 aromatic rings. The molecule has 1 amide bonds. The van der Waals surface area contributed by atoms with Gasteiger partial charge in [-0.15, -0.1) is 10.2 Å². The maximum atomic E-state index is 13.6. The summed E-state index contributed by atoms with van der Waals surface area (Å²) in [6.07, 6.45) is 0.424. The fourth-order valence-electron chi connectivity index (χ4n) is 2.57. The highest BCUT2D eigenvalue weighted by molar-refractivity contribution is 7.99. The van der Waals surface area contributed by atoms with Crippen molar-refractivity contribution < 1.29 is 23.1 Å². The van der Waals surface area contributed by atoms with Crippen LogP contribution in [0.1, 0.15) is 5.56 Å². The van der Waals surface area contributed by atoms with Crippen molar-refractivity contribution in [3.05, 3.63) is 53.8 Å². The molecule has 3 rings (SSSR count). The van der Waals surface area contributed by atoms with Crippen LogP contribution in [0.4, 0.5) is 4.39 Å². The molecule has 9 heteroatoms. The van der Waals surface area contributed by atoms with Crippen molar-refractivity contribution in [2.24, 2.45) is 0 Å². The van der Waals surface area contributed by atoms with Crippen LogP contribution in [-0.4, -0.2) is 42.6 Å². The average molecular weight is 417 g/mol. The molecule has 0 aliphatic rings. The number of amides is 1. The first-order valence-electron chi connectivity index (χ1n) is 8.79. The molecule has 0 radical (unpaired) electrons. The normalized spacial score (nSPS) is 10.6. The number of hydrogen-bond donors (Lipinski definition) is 1. The van der Waals surface area contributed by atoms with Crippen LogP contribution in [-0.2, 0) is 11.2 Å². The van der Waals surface area contributed by atoms with Crippen molar-refractivity contribution in [2.75, 3.05) is 26.5 Å². The molecule has 29 heavy (non-hydrogen) atoms. The number of methoxy groups -OCH3 is 2. The third-order valence-corrected chi connectivity index (χ3v) is 4.86. The van der Waals surface area contributed by atoms with E-state index in [4.69, 9.17) is 13.9 Å². The van der Waals surface area contributed by atoms with E-state index < -0.39 is 0 Å². The topological polar surface area (TPSA) is 86.5 Å². The molecule has 0 bridgehead atoms. The molecular formula is C20H20FN3O4S. The zero-order chi connectivity index (χ0) is 20.6. The van der Waals surface area contributed by atoms with Crippen LogP contribution in [0.3, 0.4) is 0 Å².